The molecule has 0 radical (unpaired) electrons. The van der Waals surface area contributed by atoms with Crippen LogP contribution in [0.1, 0.15) is 12.8 Å². The second-order valence-corrected chi connectivity index (χ2v) is 7.85. The van der Waals surface area contributed by atoms with Crippen molar-refractivity contribution in [2.75, 3.05) is 53.5 Å². The number of nitrogens with zero attached hydrogens (tertiary/aromatic N) is 3. The number of ether oxygens (including phenoxy) is 2. The van der Waals surface area contributed by atoms with Gasteiger partial charge in [-0.25, -0.2) is 4.99 Å². The minimum atomic E-state index is -0.0217. The van der Waals surface area contributed by atoms with Gasteiger partial charge in [0.25, 0.3) is 0 Å². The number of hydrogen-bond acceptors (Lipinski definition) is 4. The number of amides is 1. The third kappa shape index (κ3) is 5.75. The quantitative estimate of drug-likeness (QED) is 0.575. The summed E-state index contributed by atoms with van der Waals surface area (Å²) in [6, 6.07) is 7.51. The normalized spacial score (nSPS) is 22.4. The van der Waals surface area contributed by atoms with Gasteiger partial charge in [0, 0.05) is 46.1 Å². The highest BCUT2D eigenvalue weighted by Crippen LogP contribution is 2.26. The van der Waals surface area contributed by atoms with Gasteiger partial charge < -0.3 is 24.6 Å². The minimum absolute atomic E-state index is 0.0217. The average molecular weight is 409 g/mol. The molecule has 2 aliphatic heterocycles. The van der Waals surface area contributed by atoms with E-state index in [9.17, 15) is 4.79 Å². The van der Waals surface area contributed by atoms with E-state index in [-0.39, 0.29) is 18.6 Å². The fourth-order valence-corrected chi connectivity index (χ4v) is 3.45. The number of aliphatic imine (C=N–C) groups is 1. The summed E-state index contributed by atoms with van der Waals surface area (Å²) in [4.78, 5) is 20.3. The second kappa shape index (κ2) is 9.98. The van der Waals surface area contributed by atoms with Crippen LogP contribution in [0, 0.1) is 5.92 Å². The van der Waals surface area contributed by atoms with Gasteiger partial charge in [-0.05, 0) is 18.6 Å². The van der Waals surface area contributed by atoms with E-state index < -0.39 is 0 Å². The van der Waals surface area contributed by atoms with Gasteiger partial charge in [-0.15, -0.1) is 0 Å². The van der Waals surface area contributed by atoms with Crippen LogP contribution in [-0.2, 0) is 9.53 Å². The molecule has 8 heteroatoms. The number of likely N-dealkylation sites (tertiary alicyclic amines) is 1. The number of nitrogens with one attached hydrogen (secondary N) is 1. The average Bonchev–Trinajstić information content (AvgIpc) is 3.35. The number of rotatable bonds is 6. The van der Waals surface area contributed by atoms with Gasteiger partial charge in [-0.2, -0.15) is 0 Å². The summed E-state index contributed by atoms with van der Waals surface area (Å²) in [5, 5.41) is 4.05. The number of carbonyl (C=O) groups is 1. The maximum Gasteiger partial charge on any atom is 0.243 e. The predicted octanol–water partition coefficient (Wildman–Crippen LogP) is 1.86. The molecule has 0 spiro atoms. The molecular weight excluding hydrogens is 380 g/mol. The Kier molecular flexibility index (Phi) is 7.39. The van der Waals surface area contributed by atoms with E-state index in [1.54, 1.807) is 19.0 Å². The molecule has 7 nitrogen and oxygen atoms in total. The van der Waals surface area contributed by atoms with Crippen LogP contribution in [0.5, 0.6) is 5.75 Å². The smallest absolute Gasteiger partial charge is 0.243 e. The van der Waals surface area contributed by atoms with Crippen molar-refractivity contribution in [3.8, 4) is 5.75 Å². The molecule has 2 aliphatic rings. The van der Waals surface area contributed by atoms with Crippen LogP contribution in [0.4, 0.5) is 0 Å². The minimum Gasteiger partial charge on any atom is -0.487 e. The Morgan fingerprint density at radius 1 is 1.39 bits per heavy atom. The van der Waals surface area contributed by atoms with Crippen molar-refractivity contribution in [1.29, 1.82) is 0 Å². The number of guanidine groups is 1. The van der Waals surface area contributed by atoms with Crippen LogP contribution < -0.4 is 10.1 Å². The highest BCUT2D eigenvalue weighted by atomic mass is 35.5. The van der Waals surface area contributed by atoms with E-state index in [4.69, 9.17) is 21.1 Å². The first-order valence-corrected chi connectivity index (χ1v) is 10.1. The molecule has 1 aromatic carbocycles. The van der Waals surface area contributed by atoms with Gasteiger partial charge >= 0.3 is 0 Å². The van der Waals surface area contributed by atoms with E-state index in [1.165, 1.54) is 0 Å². The largest absolute Gasteiger partial charge is 0.487 e. The van der Waals surface area contributed by atoms with Crippen LogP contribution >= 0.6 is 11.6 Å². The summed E-state index contributed by atoms with van der Waals surface area (Å²) in [6.45, 7) is 4.03. The molecule has 1 aromatic rings. The second-order valence-electron chi connectivity index (χ2n) is 7.44. The van der Waals surface area contributed by atoms with Crippen molar-refractivity contribution >= 4 is 23.5 Å². The molecule has 28 heavy (non-hydrogen) atoms. The summed E-state index contributed by atoms with van der Waals surface area (Å²) >= 11 is 6.21. The zero-order chi connectivity index (χ0) is 19.9. The van der Waals surface area contributed by atoms with Gasteiger partial charge in [0.05, 0.1) is 18.2 Å². The zero-order valence-electron chi connectivity index (χ0n) is 16.6. The number of benzene rings is 1. The lowest BCUT2D eigenvalue weighted by Gasteiger charge is -2.23. The van der Waals surface area contributed by atoms with Crippen molar-refractivity contribution < 1.29 is 14.3 Å². The van der Waals surface area contributed by atoms with Crippen LogP contribution in [0.15, 0.2) is 29.3 Å². The molecule has 1 amide bonds. The monoisotopic (exact) mass is 408 g/mol. The Morgan fingerprint density at radius 3 is 2.93 bits per heavy atom. The first kappa shape index (κ1) is 20.7. The van der Waals surface area contributed by atoms with Crippen molar-refractivity contribution in [2.45, 2.75) is 18.9 Å². The van der Waals surface area contributed by atoms with Crippen molar-refractivity contribution in [1.82, 2.24) is 15.1 Å². The third-order valence-electron chi connectivity index (χ3n) is 5.01. The Hall–Kier alpha value is -1.99. The molecule has 0 saturated carbocycles. The predicted molar refractivity (Wildman–Crippen MR) is 110 cm³/mol. The van der Waals surface area contributed by atoms with Crippen molar-refractivity contribution in [3.63, 3.8) is 0 Å². The zero-order valence-corrected chi connectivity index (χ0v) is 17.3. The highest BCUT2D eigenvalue weighted by Gasteiger charge is 2.28. The maximum atomic E-state index is 12.0. The lowest BCUT2D eigenvalue weighted by atomic mass is 10.1. The molecule has 3 rings (SSSR count). The van der Waals surface area contributed by atoms with E-state index in [2.05, 4.69) is 15.2 Å². The van der Waals surface area contributed by atoms with E-state index >= 15 is 0 Å². The molecule has 154 valence electrons. The highest BCUT2D eigenvalue weighted by molar-refractivity contribution is 6.32. The van der Waals surface area contributed by atoms with Crippen LogP contribution in [0.2, 0.25) is 5.02 Å². The summed E-state index contributed by atoms with van der Waals surface area (Å²) in [6.07, 6.45) is 1.96. The SMILES string of the molecule is CN(C)C(=O)CN=C(NCC1CCOC1)N1CCC(Oc2ccccc2Cl)C1. The summed E-state index contributed by atoms with van der Waals surface area (Å²) < 4.78 is 11.5. The van der Waals surface area contributed by atoms with Gasteiger partial charge in [-0.1, -0.05) is 23.7 Å². The number of halogens is 1. The summed E-state index contributed by atoms with van der Waals surface area (Å²) in [7, 11) is 3.48. The molecule has 0 aromatic heterocycles. The van der Waals surface area contributed by atoms with Gasteiger partial charge in [-0.3, -0.25) is 4.79 Å². The Balaban J connectivity index is 1.61. The fraction of sp³-hybridized carbons (Fsp3) is 0.600. The van der Waals surface area contributed by atoms with Gasteiger partial charge in [0.2, 0.25) is 5.91 Å². The lowest BCUT2D eigenvalue weighted by Crippen LogP contribution is -2.43. The summed E-state index contributed by atoms with van der Waals surface area (Å²) in [5.74, 6) is 1.92. The molecule has 2 heterocycles. The molecule has 2 atom stereocenters. The fourth-order valence-electron chi connectivity index (χ4n) is 3.27. The molecule has 0 bridgehead atoms. The molecular formula is C20H29ClN4O3. The van der Waals surface area contributed by atoms with E-state index in [0.717, 1.165) is 45.1 Å². The molecule has 0 aliphatic carbocycles. The van der Waals surface area contributed by atoms with Crippen molar-refractivity contribution in [3.05, 3.63) is 29.3 Å². The molecule has 2 fully saturated rings. The van der Waals surface area contributed by atoms with E-state index in [1.807, 2.05) is 24.3 Å². The lowest BCUT2D eigenvalue weighted by molar-refractivity contribution is -0.127. The Labute approximate surface area is 171 Å². The third-order valence-corrected chi connectivity index (χ3v) is 5.32. The Morgan fingerprint density at radius 2 is 2.21 bits per heavy atom. The topological polar surface area (TPSA) is 66.4 Å². The molecule has 1 N–H and O–H groups in total. The van der Waals surface area contributed by atoms with Gasteiger partial charge in [0.15, 0.2) is 5.96 Å². The van der Waals surface area contributed by atoms with Crippen LogP contribution in [0.25, 0.3) is 0 Å². The number of hydrogen-bond donors (Lipinski definition) is 1. The number of para-hydroxylation sites is 1. The number of likely N-dealkylation sites (N-methyl/N-ethyl adjacent to an activating group) is 1. The maximum absolute atomic E-state index is 12.0. The van der Waals surface area contributed by atoms with Gasteiger partial charge in [0.1, 0.15) is 18.4 Å². The first-order chi connectivity index (χ1) is 13.5. The first-order valence-electron chi connectivity index (χ1n) is 9.75. The van der Waals surface area contributed by atoms with E-state index in [0.29, 0.717) is 23.2 Å². The standard InChI is InChI=1S/C20H29ClN4O3/c1-24(2)19(26)12-23-20(22-11-15-8-10-27-14-15)25-9-7-16(13-25)28-18-6-4-3-5-17(18)21/h3-6,15-16H,7-14H2,1-2H3,(H,22,23). The molecule has 2 unspecified atom stereocenters. The number of carbonyl (C=O) groups excluding carboxylic acids is 1. The Bertz CT molecular complexity index is 692. The summed E-state index contributed by atoms with van der Waals surface area (Å²) in [5.41, 5.74) is 0. The van der Waals surface area contributed by atoms with Crippen molar-refractivity contribution in [2.24, 2.45) is 10.9 Å². The van der Waals surface area contributed by atoms with Crippen LogP contribution in [-0.4, -0.2) is 81.3 Å². The van der Waals surface area contributed by atoms with Crippen LogP contribution in [0.3, 0.4) is 0 Å². The molecule has 2 saturated heterocycles.